The van der Waals surface area contributed by atoms with Crippen molar-refractivity contribution in [3.05, 3.63) is 18.2 Å². The summed E-state index contributed by atoms with van der Waals surface area (Å²) < 4.78 is 5.64. The van der Waals surface area contributed by atoms with Gasteiger partial charge in [0, 0.05) is 18.3 Å². The van der Waals surface area contributed by atoms with Crippen molar-refractivity contribution in [2.75, 3.05) is 30.7 Å². The van der Waals surface area contributed by atoms with Crippen molar-refractivity contribution in [2.45, 2.75) is 25.8 Å². The minimum absolute atomic E-state index is 0.502. The molecule has 5 nitrogen and oxygen atoms in total. The monoisotopic (exact) mass is 260 g/mol. The van der Waals surface area contributed by atoms with E-state index in [9.17, 15) is 0 Å². The summed E-state index contributed by atoms with van der Waals surface area (Å²) in [6.07, 6.45) is 2.62. The molecular formula is C14H20N4O. The number of anilines is 2. The maximum Gasteiger partial charge on any atom is 0.295 e. The van der Waals surface area contributed by atoms with Crippen LogP contribution in [0.3, 0.4) is 0 Å². The van der Waals surface area contributed by atoms with Crippen LogP contribution in [0.15, 0.2) is 22.6 Å². The third-order valence-corrected chi connectivity index (χ3v) is 3.72. The van der Waals surface area contributed by atoms with Gasteiger partial charge >= 0.3 is 0 Å². The summed E-state index contributed by atoms with van der Waals surface area (Å²) in [6.45, 7) is 5.49. The highest BCUT2D eigenvalue weighted by molar-refractivity contribution is 5.78. The number of fused-ring (bicyclic) bond motifs is 1. The number of hydrogen-bond donors (Lipinski definition) is 2. The number of nitrogens with zero attached hydrogens (tertiary/aromatic N) is 2. The number of nitrogens with one attached hydrogen (secondary N) is 1. The van der Waals surface area contributed by atoms with Crippen molar-refractivity contribution in [2.24, 2.45) is 0 Å². The fourth-order valence-electron chi connectivity index (χ4n) is 2.57. The van der Waals surface area contributed by atoms with E-state index in [2.05, 4.69) is 22.1 Å². The first-order valence-electron chi connectivity index (χ1n) is 6.86. The van der Waals surface area contributed by atoms with Crippen LogP contribution in [-0.2, 0) is 0 Å². The van der Waals surface area contributed by atoms with Crippen molar-refractivity contribution in [3.63, 3.8) is 0 Å². The molecule has 1 aliphatic heterocycles. The van der Waals surface area contributed by atoms with Crippen molar-refractivity contribution < 1.29 is 4.42 Å². The Bertz CT molecular complexity index is 560. The van der Waals surface area contributed by atoms with Crippen molar-refractivity contribution >= 4 is 22.8 Å². The summed E-state index contributed by atoms with van der Waals surface area (Å²) in [5.41, 5.74) is 8.01. The van der Waals surface area contributed by atoms with E-state index >= 15 is 0 Å². The first-order valence-corrected chi connectivity index (χ1v) is 6.86. The molecule has 1 fully saturated rings. The molecule has 0 bridgehead atoms. The molecule has 2 heterocycles. The minimum Gasteiger partial charge on any atom is -0.424 e. The Hall–Kier alpha value is -1.75. The molecule has 3 N–H and O–H groups in total. The van der Waals surface area contributed by atoms with Crippen LogP contribution in [-0.4, -0.2) is 35.6 Å². The summed E-state index contributed by atoms with van der Waals surface area (Å²) >= 11 is 0. The summed E-state index contributed by atoms with van der Waals surface area (Å²) in [6, 6.07) is 6.58. The molecule has 0 saturated carbocycles. The normalized spacial score (nSPS) is 17.9. The van der Waals surface area contributed by atoms with Crippen molar-refractivity contribution in [1.82, 2.24) is 9.88 Å². The number of aromatic nitrogens is 1. The smallest absolute Gasteiger partial charge is 0.295 e. The number of hydrogen-bond acceptors (Lipinski definition) is 5. The molecule has 2 aromatic rings. The third kappa shape index (κ3) is 2.66. The number of benzene rings is 1. The van der Waals surface area contributed by atoms with E-state index in [1.54, 1.807) is 0 Å². The second kappa shape index (κ2) is 5.09. The summed E-state index contributed by atoms with van der Waals surface area (Å²) in [7, 11) is 0. The lowest BCUT2D eigenvalue weighted by Gasteiger charge is -2.23. The predicted octanol–water partition coefficient (Wildman–Crippen LogP) is 2.31. The Labute approximate surface area is 112 Å². The Morgan fingerprint density at radius 1 is 1.42 bits per heavy atom. The lowest BCUT2D eigenvalue weighted by atomic mass is 10.3. The standard InChI is InChI=1S/C14H20N4O/c1-10(18-6-2-3-7-18)9-16-14-17-12-8-11(15)4-5-13(12)19-14/h4-5,8,10H,2-3,6-7,9,15H2,1H3,(H,16,17). The van der Waals surface area contributed by atoms with Gasteiger partial charge in [0.25, 0.3) is 6.01 Å². The van der Waals surface area contributed by atoms with Gasteiger partial charge in [0.15, 0.2) is 5.58 Å². The quantitative estimate of drug-likeness (QED) is 0.826. The van der Waals surface area contributed by atoms with Crippen LogP contribution < -0.4 is 11.1 Å². The molecule has 0 amide bonds. The second-order valence-corrected chi connectivity index (χ2v) is 5.22. The third-order valence-electron chi connectivity index (χ3n) is 3.72. The van der Waals surface area contributed by atoms with Gasteiger partial charge in [-0.15, -0.1) is 0 Å². The van der Waals surface area contributed by atoms with Crippen LogP contribution in [0.4, 0.5) is 11.7 Å². The molecular weight excluding hydrogens is 240 g/mol. The molecule has 1 aromatic heterocycles. The number of rotatable bonds is 4. The van der Waals surface area contributed by atoms with E-state index in [1.807, 2.05) is 18.2 Å². The van der Waals surface area contributed by atoms with E-state index in [0.29, 0.717) is 17.7 Å². The molecule has 19 heavy (non-hydrogen) atoms. The van der Waals surface area contributed by atoms with Crippen LogP contribution in [0.2, 0.25) is 0 Å². The van der Waals surface area contributed by atoms with E-state index in [4.69, 9.17) is 10.2 Å². The summed E-state index contributed by atoms with van der Waals surface area (Å²) in [5, 5.41) is 3.27. The first kappa shape index (κ1) is 12.3. The Morgan fingerprint density at radius 3 is 3.00 bits per heavy atom. The molecule has 3 rings (SSSR count). The van der Waals surface area contributed by atoms with Gasteiger partial charge in [0.1, 0.15) is 5.52 Å². The average molecular weight is 260 g/mol. The first-order chi connectivity index (χ1) is 9.22. The number of oxazole rings is 1. The fraction of sp³-hybridized carbons (Fsp3) is 0.500. The topological polar surface area (TPSA) is 67.3 Å². The van der Waals surface area contributed by atoms with Gasteiger partial charge in [-0.3, -0.25) is 4.90 Å². The molecule has 1 aromatic carbocycles. The number of nitrogens with two attached hydrogens (primary N) is 1. The molecule has 1 unspecified atom stereocenters. The van der Waals surface area contributed by atoms with E-state index in [0.717, 1.165) is 17.6 Å². The Kier molecular flexibility index (Phi) is 3.29. The molecule has 0 spiro atoms. The highest BCUT2D eigenvalue weighted by Gasteiger charge is 2.18. The van der Waals surface area contributed by atoms with Crippen LogP contribution >= 0.6 is 0 Å². The fourth-order valence-corrected chi connectivity index (χ4v) is 2.57. The van der Waals surface area contributed by atoms with E-state index < -0.39 is 0 Å². The lowest BCUT2D eigenvalue weighted by Crippen LogP contribution is -2.35. The molecule has 0 aliphatic carbocycles. The Balaban J connectivity index is 1.64. The Morgan fingerprint density at radius 2 is 2.21 bits per heavy atom. The zero-order valence-corrected chi connectivity index (χ0v) is 11.2. The molecule has 0 radical (unpaired) electrons. The van der Waals surface area contributed by atoms with Gasteiger partial charge in [0.2, 0.25) is 0 Å². The maximum absolute atomic E-state index is 5.73. The van der Waals surface area contributed by atoms with Crippen LogP contribution in [0, 0.1) is 0 Å². The zero-order valence-electron chi connectivity index (χ0n) is 11.2. The maximum atomic E-state index is 5.73. The average Bonchev–Trinajstić information content (AvgIpc) is 3.04. The SMILES string of the molecule is CC(CNc1nc2cc(N)ccc2o1)N1CCCC1. The van der Waals surface area contributed by atoms with Gasteiger partial charge in [-0.25, -0.2) is 0 Å². The van der Waals surface area contributed by atoms with Crippen molar-refractivity contribution in [1.29, 1.82) is 0 Å². The van der Waals surface area contributed by atoms with E-state index in [-0.39, 0.29) is 0 Å². The molecule has 1 saturated heterocycles. The molecule has 1 atom stereocenters. The van der Waals surface area contributed by atoms with Gasteiger partial charge in [-0.1, -0.05) is 0 Å². The number of nitrogen functional groups attached to an aromatic ring is 1. The van der Waals surface area contributed by atoms with Crippen LogP contribution in [0.1, 0.15) is 19.8 Å². The largest absolute Gasteiger partial charge is 0.424 e. The van der Waals surface area contributed by atoms with Crippen molar-refractivity contribution in [3.8, 4) is 0 Å². The van der Waals surface area contributed by atoms with Gasteiger partial charge < -0.3 is 15.5 Å². The predicted molar refractivity (Wildman–Crippen MR) is 77.2 cm³/mol. The number of likely N-dealkylation sites (tertiary alicyclic amines) is 1. The lowest BCUT2D eigenvalue weighted by molar-refractivity contribution is 0.268. The molecule has 102 valence electrons. The van der Waals surface area contributed by atoms with Crippen LogP contribution in [0.5, 0.6) is 0 Å². The summed E-state index contributed by atoms with van der Waals surface area (Å²) in [5.74, 6) is 0. The highest BCUT2D eigenvalue weighted by Crippen LogP contribution is 2.21. The van der Waals surface area contributed by atoms with Gasteiger partial charge in [-0.2, -0.15) is 4.98 Å². The highest BCUT2D eigenvalue weighted by atomic mass is 16.4. The van der Waals surface area contributed by atoms with Crippen LogP contribution in [0.25, 0.3) is 11.1 Å². The second-order valence-electron chi connectivity index (χ2n) is 5.22. The minimum atomic E-state index is 0.502. The molecule has 1 aliphatic rings. The summed E-state index contributed by atoms with van der Waals surface area (Å²) in [4.78, 5) is 6.89. The molecule has 5 heteroatoms. The van der Waals surface area contributed by atoms with Gasteiger partial charge in [-0.05, 0) is 51.1 Å². The van der Waals surface area contributed by atoms with E-state index in [1.165, 1.54) is 25.9 Å². The zero-order chi connectivity index (χ0) is 13.2. The van der Waals surface area contributed by atoms with Gasteiger partial charge in [0.05, 0.1) is 0 Å².